The molecule has 106 valence electrons. The minimum atomic E-state index is -0.866. The number of aryl methyl sites for hydroxylation is 1. The summed E-state index contributed by atoms with van der Waals surface area (Å²) in [6, 6.07) is 4.91. The van der Waals surface area contributed by atoms with E-state index in [1.165, 1.54) is 12.1 Å². The van der Waals surface area contributed by atoms with Crippen molar-refractivity contribution in [2.24, 2.45) is 0 Å². The largest absolute Gasteiger partial charge is 0.385 e. The van der Waals surface area contributed by atoms with Gasteiger partial charge < -0.3 is 10.0 Å². The van der Waals surface area contributed by atoms with Crippen molar-refractivity contribution >= 4 is 0 Å². The van der Waals surface area contributed by atoms with Crippen LogP contribution in [0.5, 0.6) is 0 Å². The van der Waals surface area contributed by atoms with Crippen molar-refractivity contribution in [3.8, 4) is 0 Å². The molecule has 1 aromatic carbocycles. The van der Waals surface area contributed by atoms with Crippen LogP contribution in [0.1, 0.15) is 43.7 Å². The average Bonchev–Trinajstić information content (AvgIpc) is 2.52. The first-order valence-electron chi connectivity index (χ1n) is 7.26. The molecule has 1 unspecified atom stereocenters. The third kappa shape index (κ3) is 3.54. The van der Waals surface area contributed by atoms with E-state index in [9.17, 15) is 9.50 Å². The Bertz CT molecular complexity index is 415. The normalized spacial score (nSPS) is 25.3. The van der Waals surface area contributed by atoms with Gasteiger partial charge in [-0.25, -0.2) is 4.39 Å². The van der Waals surface area contributed by atoms with Crippen LogP contribution in [0.2, 0.25) is 0 Å². The molecule has 3 heteroatoms. The summed E-state index contributed by atoms with van der Waals surface area (Å²) in [5.74, 6) is -0.252. The number of likely N-dealkylation sites (tertiary alicyclic amines) is 1. The third-order valence-corrected chi connectivity index (χ3v) is 4.03. The molecule has 0 spiro atoms. The Morgan fingerprint density at radius 1 is 1.26 bits per heavy atom. The lowest BCUT2D eigenvalue weighted by Crippen LogP contribution is -2.29. The summed E-state index contributed by atoms with van der Waals surface area (Å²) in [6.07, 6.45) is 3.51. The van der Waals surface area contributed by atoms with Gasteiger partial charge in [-0.2, -0.15) is 0 Å². The van der Waals surface area contributed by atoms with Crippen molar-refractivity contribution in [3.05, 3.63) is 35.1 Å². The standard InChI is InChI=1S/C16H24FNO/c1-3-7-18-8-4-5-16(19,6-9-18)14-10-13(2)11-15(17)12-14/h10-12,19H,3-9H2,1-2H3. The Morgan fingerprint density at radius 3 is 2.74 bits per heavy atom. The molecule has 0 aromatic heterocycles. The Morgan fingerprint density at radius 2 is 2.05 bits per heavy atom. The van der Waals surface area contributed by atoms with Crippen LogP contribution in [0.4, 0.5) is 4.39 Å². The van der Waals surface area contributed by atoms with Crippen molar-refractivity contribution in [2.75, 3.05) is 19.6 Å². The predicted molar refractivity (Wildman–Crippen MR) is 75.6 cm³/mol. The molecule has 0 radical (unpaired) electrons. The molecule has 19 heavy (non-hydrogen) atoms. The van der Waals surface area contributed by atoms with E-state index in [2.05, 4.69) is 11.8 Å². The summed E-state index contributed by atoms with van der Waals surface area (Å²) in [4.78, 5) is 2.39. The van der Waals surface area contributed by atoms with Crippen molar-refractivity contribution in [1.29, 1.82) is 0 Å². The van der Waals surface area contributed by atoms with Gasteiger partial charge in [-0.15, -0.1) is 0 Å². The van der Waals surface area contributed by atoms with Gasteiger partial charge in [0, 0.05) is 6.54 Å². The number of hydrogen-bond donors (Lipinski definition) is 1. The third-order valence-electron chi connectivity index (χ3n) is 4.03. The van der Waals surface area contributed by atoms with Gasteiger partial charge in [0.2, 0.25) is 0 Å². The van der Waals surface area contributed by atoms with E-state index in [0.29, 0.717) is 6.42 Å². The second kappa shape index (κ2) is 6.02. The maximum Gasteiger partial charge on any atom is 0.123 e. The lowest BCUT2D eigenvalue weighted by molar-refractivity contribution is 0.0209. The van der Waals surface area contributed by atoms with Gasteiger partial charge in [0.1, 0.15) is 5.82 Å². The molecular weight excluding hydrogens is 241 g/mol. The molecule has 1 saturated heterocycles. The quantitative estimate of drug-likeness (QED) is 0.907. The molecule has 1 aliphatic heterocycles. The van der Waals surface area contributed by atoms with Crippen molar-refractivity contribution in [2.45, 2.75) is 45.1 Å². The van der Waals surface area contributed by atoms with E-state index in [4.69, 9.17) is 0 Å². The summed E-state index contributed by atoms with van der Waals surface area (Å²) in [5.41, 5.74) is 0.747. The Labute approximate surface area is 115 Å². The van der Waals surface area contributed by atoms with Crippen LogP contribution in [0, 0.1) is 12.7 Å². The first-order valence-corrected chi connectivity index (χ1v) is 7.26. The highest BCUT2D eigenvalue weighted by Crippen LogP contribution is 2.33. The SMILES string of the molecule is CCCN1CCCC(O)(c2cc(C)cc(F)c2)CC1. The van der Waals surface area contributed by atoms with E-state index >= 15 is 0 Å². The fraction of sp³-hybridized carbons (Fsp3) is 0.625. The Kier molecular flexibility index (Phi) is 4.58. The molecule has 0 amide bonds. The molecule has 0 saturated carbocycles. The molecule has 1 heterocycles. The Balaban J connectivity index is 2.17. The summed E-state index contributed by atoms with van der Waals surface area (Å²) < 4.78 is 13.5. The van der Waals surface area contributed by atoms with Gasteiger partial charge >= 0.3 is 0 Å². The number of nitrogens with zero attached hydrogens (tertiary/aromatic N) is 1. The van der Waals surface area contributed by atoms with Crippen LogP contribution in [-0.4, -0.2) is 29.6 Å². The van der Waals surface area contributed by atoms with Gasteiger partial charge in [0.25, 0.3) is 0 Å². The van der Waals surface area contributed by atoms with Crippen molar-refractivity contribution in [1.82, 2.24) is 4.90 Å². The highest BCUT2D eigenvalue weighted by molar-refractivity contribution is 5.28. The van der Waals surface area contributed by atoms with E-state index in [0.717, 1.165) is 50.0 Å². The Hall–Kier alpha value is -0.930. The van der Waals surface area contributed by atoms with Gasteiger partial charge in [0.05, 0.1) is 5.60 Å². The fourth-order valence-corrected chi connectivity index (χ4v) is 3.01. The smallest absolute Gasteiger partial charge is 0.123 e. The summed E-state index contributed by atoms with van der Waals surface area (Å²) >= 11 is 0. The zero-order valence-electron chi connectivity index (χ0n) is 12.0. The van der Waals surface area contributed by atoms with Crippen LogP contribution >= 0.6 is 0 Å². The van der Waals surface area contributed by atoms with Crippen LogP contribution in [-0.2, 0) is 5.60 Å². The number of benzene rings is 1. The zero-order valence-corrected chi connectivity index (χ0v) is 12.0. The maximum atomic E-state index is 13.5. The number of hydrogen-bond acceptors (Lipinski definition) is 2. The molecule has 2 nitrogen and oxygen atoms in total. The lowest BCUT2D eigenvalue weighted by atomic mass is 9.86. The van der Waals surface area contributed by atoms with Gasteiger partial charge in [0.15, 0.2) is 0 Å². The zero-order chi connectivity index (χ0) is 13.9. The van der Waals surface area contributed by atoms with E-state index in [-0.39, 0.29) is 5.82 Å². The second-order valence-electron chi connectivity index (χ2n) is 5.74. The van der Waals surface area contributed by atoms with E-state index in [1.54, 1.807) is 0 Å². The molecule has 1 aliphatic rings. The summed E-state index contributed by atoms with van der Waals surface area (Å²) in [6.45, 7) is 7.05. The van der Waals surface area contributed by atoms with E-state index in [1.807, 2.05) is 13.0 Å². The fourth-order valence-electron chi connectivity index (χ4n) is 3.01. The first kappa shape index (κ1) is 14.5. The monoisotopic (exact) mass is 265 g/mol. The molecule has 2 rings (SSSR count). The molecule has 1 fully saturated rings. The van der Waals surface area contributed by atoms with Gasteiger partial charge in [-0.05, 0) is 69.0 Å². The first-order chi connectivity index (χ1) is 9.03. The van der Waals surface area contributed by atoms with Crippen molar-refractivity contribution in [3.63, 3.8) is 0 Å². The molecule has 1 aromatic rings. The molecule has 1 N–H and O–H groups in total. The highest BCUT2D eigenvalue weighted by atomic mass is 19.1. The van der Waals surface area contributed by atoms with Gasteiger partial charge in [-0.1, -0.05) is 13.0 Å². The molecular formula is C16H24FNO. The number of aliphatic hydroxyl groups is 1. The van der Waals surface area contributed by atoms with Crippen LogP contribution < -0.4 is 0 Å². The summed E-state index contributed by atoms with van der Waals surface area (Å²) in [5, 5.41) is 10.9. The minimum absolute atomic E-state index is 0.252. The molecule has 0 bridgehead atoms. The molecule has 1 atom stereocenters. The minimum Gasteiger partial charge on any atom is -0.385 e. The lowest BCUT2D eigenvalue weighted by Gasteiger charge is -2.28. The van der Waals surface area contributed by atoms with E-state index < -0.39 is 5.60 Å². The molecule has 0 aliphatic carbocycles. The van der Waals surface area contributed by atoms with Gasteiger partial charge in [-0.3, -0.25) is 0 Å². The number of rotatable bonds is 3. The summed E-state index contributed by atoms with van der Waals surface area (Å²) in [7, 11) is 0. The highest BCUT2D eigenvalue weighted by Gasteiger charge is 2.32. The second-order valence-corrected chi connectivity index (χ2v) is 5.74. The average molecular weight is 265 g/mol. The van der Waals surface area contributed by atoms with Crippen LogP contribution in [0.25, 0.3) is 0 Å². The maximum absolute atomic E-state index is 13.5. The number of halogens is 1. The van der Waals surface area contributed by atoms with Crippen LogP contribution in [0.15, 0.2) is 18.2 Å². The topological polar surface area (TPSA) is 23.5 Å². The predicted octanol–water partition coefficient (Wildman–Crippen LogP) is 3.22. The van der Waals surface area contributed by atoms with Crippen molar-refractivity contribution < 1.29 is 9.50 Å². The van der Waals surface area contributed by atoms with Crippen LogP contribution in [0.3, 0.4) is 0 Å².